The zero-order chi connectivity index (χ0) is 14.5. The van der Waals surface area contributed by atoms with Gasteiger partial charge < -0.3 is 5.11 Å². The predicted molar refractivity (Wildman–Crippen MR) is 76.9 cm³/mol. The van der Waals surface area contributed by atoms with Crippen LogP contribution in [-0.2, 0) is 4.79 Å². The molecule has 0 aliphatic rings. The Morgan fingerprint density at radius 3 is 2.45 bits per heavy atom. The lowest BCUT2D eigenvalue weighted by atomic mass is 9.97. The Morgan fingerprint density at radius 2 is 1.85 bits per heavy atom. The van der Waals surface area contributed by atoms with Crippen LogP contribution in [0.4, 0.5) is 0 Å². The molecule has 0 radical (unpaired) electrons. The van der Waals surface area contributed by atoms with Gasteiger partial charge in [-0.25, -0.2) is 0 Å². The van der Waals surface area contributed by atoms with Crippen LogP contribution in [0.3, 0.4) is 0 Å². The minimum absolute atomic E-state index is 0.0450. The number of rotatable bonds is 4. The summed E-state index contributed by atoms with van der Waals surface area (Å²) in [6, 6.07) is 16.8. The summed E-state index contributed by atoms with van der Waals surface area (Å²) in [5.41, 5.74) is 3.10. The number of aliphatic hydroxyl groups excluding tert-OH is 1. The van der Waals surface area contributed by atoms with Crippen LogP contribution in [0.15, 0.2) is 48.5 Å². The number of carbonyl (C=O) groups excluding carboxylic acids is 1. The van der Waals surface area contributed by atoms with Crippen LogP contribution in [0.1, 0.15) is 30.6 Å². The second kappa shape index (κ2) is 6.14. The molecular formula is C17H15NO2. The van der Waals surface area contributed by atoms with Gasteiger partial charge in [0, 0.05) is 6.42 Å². The first-order chi connectivity index (χ1) is 9.61. The van der Waals surface area contributed by atoms with E-state index in [1.807, 2.05) is 30.3 Å². The fraction of sp³-hybridized carbons (Fsp3) is 0.176. The average molecular weight is 265 g/mol. The van der Waals surface area contributed by atoms with Crippen LogP contribution in [0.25, 0.3) is 11.1 Å². The Bertz CT molecular complexity index is 653. The molecule has 0 aromatic heterocycles. The highest BCUT2D eigenvalue weighted by atomic mass is 16.3. The van der Waals surface area contributed by atoms with Crippen molar-refractivity contribution in [2.45, 2.75) is 19.4 Å². The van der Waals surface area contributed by atoms with E-state index in [0.29, 0.717) is 11.1 Å². The second-order valence-electron chi connectivity index (χ2n) is 4.70. The first-order valence-electron chi connectivity index (χ1n) is 6.39. The summed E-state index contributed by atoms with van der Waals surface area (Å²) in [4.78, 5) is 11.0. The van der Waals surface area contributed by atoms with Gasteiger partial charge in [0.2, 0.25) is 0 Å². The number of Topliss-reactive ketones (excluding diaryl/α,β-unsaturated/α-hetero) is 1. The molecule has 0 saturated carbocycles. The van der Waals surface area contributed by atoms with Gasteiger partial charge in [-0.3, -0.25) is 4.79 Å². The fourth-order valence-electron chi connectivity index (χ4n) is 2.11. The number of hydrogen-bond acceptors (Lipinski definition) is 3. The van der Waals surface area contributed by atoms with Crippen molar-refractivity contribution in [3.63, 3.8) is 0 Å². The third-order valence-corrected chi connectivity index (χ3v) is 3.13. The van der Waals surface area contributed by atoms with E-state index in [2.05, 4.69) is 6.07 Å². The van der Waals surface area contributed by atoms with Crippen molar-refractivity contribution in [2.24, 2.45) is 0 Å². The fourth-order valence-corrected chi connectivity index (χ4v) is 2.11. The third kappa shape index (κ3) is 3.11. The van der Waals surface area contributed by atoms with Gasteiger partial charge in [0.15, 0.2) is 0 Å². The van der Waals surface area contributed by atoms with Crippen LogP contribution < -0.4 is 0 Å². The largest absolute Gasteiger partial charge is 0.388 e. The highest BCUT2D eigenvalue weighted by molar-refractivity contribution is 5.76. The summed E-state index contributed by atoms with van der Waals surface area (Å²) in [5.74, 6) is -0.0450. The zero-order valence-electron chi connectivity index (χ0n) is 11.2. The molecule has 1 unspecified atom stereocenters. The SMILES string of the molecule is CC(=O)CC(O)c1ccc(-c2ccccc2C#N)cc1. The molecule has 0 saturated heterocycles. The molecule has 0 amide bonds. The number of hydrogen-bond donors (Lipinski definition) is 1. The molecule has 1 atom stereocenters. The van der Waals surface area contributed by atoms with Crippen molar-refractivity contribution in [2.75, 3.05) is 0 Å². The van der Waals surface area contributed by atoms with E-state index in [0.717, 1.165) is 11.1 Å². The van der Waals surface area contributed by atoms with Crippen molar-refractivity contribution >= 4 is 5.78 Å². The van der Waals surface area contributed by atoms with Gasteiger partial charge in [-0.05, 0) is 29.7 Å². The Hall–Kier alpha value is -2.44. The lowest BCUT2D eigenvalue weighted by Crippen LogP contribution is -2.02. The lowest BCUT2D eigenvalue weighted by molar-refractivity contribution is -0.118. The molecule has 2 aromatic rings. The number of carbonyl (C=O) groups is 1. The third-order valence-electron chi connectivity index (χ3n) is 3.13. The summed E-state index contributed by atoms with van der Waals surface area (Å²) in [6.07, 6.45) is -0.651. The molecular weight excluding hydrogens is 250 g/mol. The Balaban J connectivity index is 2.29. The standard InChI is InChI=1S/C17H15NO2/c1-12(19)10-17(20)14-8-6-13(7-9-14)16-5-3-2-4-15(16)11-18/h2-9,17,20H,10H2,1H3. The van der Waals surface area contributed by atoms with Gasteiger partial charge in [-0.1, -0.05) is 42.5 Å². The van der Waals surface area contributed by atoms with E-state index in [1.165, 1.54) is 6.92 Å². The maximum atomic E-state index is 11.0. The van der Waals surface area contributed by atoms with Gasteiger partial charge in [0.1, 0.15) is 5.78 Å². The molecule has 20 heavy (non-hydrogen) atoms. The number of benzene rings is 2. The lowest BCUT2D eigenvalue weighted by Gasteiger charge is -2.10. The predicted octanol–water partition coefficient (Wildman–Crippen LogP) is 3.24. The monoisotopic (exact) mass is 265 g/mol. The van der Waals surface area contributed by atoms with E-state index >= 15 is 0 Å². The van der Waals surface area contributed by atoms with E-state index in [1.54, 1.807) is 18.2 Å². The first kappa shape index (κ1) is 14.0. The van der Waals surface area contributed by atoms with Crippen LogP contribution in [-0.4, -0.2) is 10.9 Å². The maximum absolute atomic E-state index is 11.0. The van der Waals surface area contributed by atoms with E-state index in [-0.39, 0.29) is 12.2 Å². The summed E-state index contributed by atoms with van der Waals surface area (Å²) in [5, 5.41) is 19.0. The van der Waals surface area contributed by atoms with Gasteiger partial charge in [0.05, 0.1) is 17.7 Å². The number of ketones is 1. The molecule has 0 aliphatic heterocycles. The molecule has 0 aliphatic carbocycles. The Kier molecular flexibility index (Phi) is 4.29. The maximum Gasteiger partial charge on any atom is 0.132 e. The second-order valence-corrected chi connectivity index (χ2v) is 4.70. The minimum Gasteiger partial charge on any atom is -0.388 e. The van der Waals surface area contributed by atoms with Crippen molar-refractivity contribution in [3.05, 3.63) is 59.7 Å². The molecule has 3 heteroatoms. The van der Waals surface area contributed by atoms with Crippen molar-refractivity contribution in [3.8, 4) is 17.2 Å². The summed E-state index contributed by atoms with van der Waals surface area (Å²) in [7, 11) is 0. The van der Waals surface area contributed by atoms with E-state index < -0.39 is 6.10 Å². The molecule has 0 spiro atoms. The normalized spacial score (nSPS) is 11.7. The molecule has 100 valence electrons. The van der Waals surface area contributed by atoms with E-state index in [4.69, 9.17) is 5.26 Å². The minimum atomic E-state index is -0.771. The van der Waals surface area contributed by atoms with Crippen molar-refractivity contribution < 1.29 is 9.90 Å². The first-order valence-corrected chi connectivity index (χ1v) is 6.39. The Labute approximate surface area is 118 Å². The van der Waals surface area contributed by atoms with Gasteiger partial charge >= 0.3 is 0 Å². The molecule has 3 nitrogen and oxygen atoms in total. The summed E-state index contributed by atoms with van der Waals surface area (Å²) >= 11 is 0. The summed E-state index contributed by atoms with van der Waals surface area (Å²) < 4.78 is 0. The molecule has 0 heterocycles. The smallest absolute Gasteiger partial charge is 0.132 e. The van der Waals surface area contributed by atoms with Crippen LogP contribution in [0, 0.1) is 11.3 Å². The molecule has 2 rings (SSSR count). The zero-order valence-corrected chi connectivity index (χ0v) is 11.2. The highest BCUT2D eigenvalue weighted by Crippen LogP contribution is 2.25. The van der Waals surface area contributed by atoms with Crippen molar-refractivity contribution in [1.29, 1.82) is 5.26 Å². The van der Waals surface area contributed by atoms with Gasteiger partial charge in [0.25, 0.3) is 0 Å². The highest BCUT2D eigenvalue weighted by Gasteiger charge is 2.10. The van der Waals surface area contributed by atoms with Gasteiger partial charge in [-0.2, -0.15) is 5.26 Å². The molecule has 0 bridgehead atoms. The van der Waals surface area contributed by atoms with Gasteiger partial charge in [-0.15, -0.1) is 0 Å². The number of nitrogens with zero attached hydrogens (tertiary/aromatic N) is 1. The topological polar surface area (TPSA) is 61.1 Å². The quantitative estimate of drug-likeness (QED) is 0.923. The average Bonchev–Trinajstić information content (AvgIpc) is 2.46. The van der Waals surface area contributed by atoms with Crippen LogP contribution in [0.5, 0.6) is 0 Å². The number of aliphatic hydroxyl groups is 1. The van der Waals surface area contributed by atoms with E-state index in [9.17, 15) is 9.90 Å². The van der Waals surface area contributed by atoms with Crippen LogP contribution in [0.2, 0.25) is 0 Å². The summed E-state index contributed by atoms with van der Waals surface area (Å²) in [6.45, 7) is 1.46. The van der Waals surface area contributed by atoms with Crippen LogP contribution >= 0.6 is 0 Å². The van der Waals surface area contributed by atoms with Crippen molar-refractivity contribution in [1.82, 2.24) is 0 Å². The number of nitriles is 1. The molecule has 1 N–H and O–H groups in total. The molecule has 2 aromatic carbocycles. The Morgan fingerprint density at radius 1 is 1.20 bits per heavy atom. The molecule has 0 fully saturated rings.